The second kappa shape index (κ2) is 11.8. The first-order valence-electron chi connectivity index (χ1n) is 16.8. The van der Waals surface area contributed by atoms with Crippen molar-refractivity contribution >= 4 is 17.6 Å². The fourth-order valence-corrected chi connectivity index (χ4v) is 11.3. The van der Waals surface area contributed by atoms with Crippen LogP contribution in [0, 0.1) is 40.4 Å². The normalized spacial score (nSPS) is 38.5. The van der Waals surface area contributed by atoms with Crippen molar-refractivity contribution < 1.29 is 9.53 Å². The molecule has 226 valence electrons. The lowest BCUT2D eigenvalue weighted by atomic mass is 9.44. The van der Waals surface area contributed by atoms with E-state index in [1.165, 1.54) is 50.2 Å². The van der Waals surface area contributed by atoms with Gasteiger partial charge in [0.05, 0.1) is 4.87 Å². The number of halogens is 1. The van der Waals surface area contributed by atoms with Crippen LogP contribution in [0.25, 0.3) is 0 Å². The van der Waals surface area contributed by atoms with Crippen molar-refractivity contribution in [2.75, 3.05) is 0 Å². The second-order valence-electron chi connectivity index (χ2n) is 14.9. The first kappa shape index (κ1) is 30.0. The Morgan fingerprint density at radius 1 is 0.905 bits per heavy atom. The zero-order valence-corrected chi connectivity index (χ0v) is 27.0. The van der Waals surface area contributed by atoms with Crippen LogP contribution in [0.5, 0.6) is 0 Å². The lowest BCUT2D eigenvalue weighted by Crippen LogP contribution is -2.60. The van der Waals surface area contributed by atoms with Gasteiger partial charge in [-0.25, -0.2) is 0 Å². The Bertz CT molecular complexity index is 1220. The fraction of sp³-hybridized carbons (Fsp3) is 0.615. The van der Waals surface area contributed by atoms with Gasteiger partial charge in [-0.1, -0.05) is 93.6 Å². The average molecular weight is 587 g/mol. The number of alkyl halides is 1. The number of hydrogen-bond acceptors (Lipinski definition) is 2. The Kier molecular flexibility index (Phi) is 8.42. The summed E-state index contributed by atoms with van der Waals surface area (Å²) < 4.78 is 5.68. The standard InChI is InChI=1S/C39H51ClO2/c1-27(12-11-17-32(29-13-7-5-8-14-29)30-15-9-6-10-16-30)34-18-19-35-33-21-25-39(40)26-31(42-28(2)41)20-24-38(39,4)36(33)22-23-37(34,35)3/h5-11,13-17,27,31-36H,12,18-26H2,1-4H3/b17-11+/t27-,31-,33-,34+,35-,36-,37+,38+,39+/m0/s1. The number of allylic oxidation sites excluding steroid dienone is 2. The molecule has 4 fully saturated rings. The third-order valence-corrected chi connectivity index (χ3v) is 13.7. The minimum absolute atomic E-state index is 0.00775. The van der Waals surface area contributed by atoms with Gasteiger partial charge in [-0.05, 0) is 109 Å². The van der Waals surface area contributed by atoms with Crippen molar-refractivity contribution in [3.05, 3.63) is 83.9 Å². The zero-order chi connectivity index (χ0) is 29.5. The molecule has 2 aromatic carbocycles. The van der Waals surface area contributed by atoms with Crippen LogP contribution in [-0.4, -0.2) is 16.9 Å². The molecule has 0 amide bonds. The van der Waals surface area contributed by atoms with Crippen molar-refractivity contribution in [3.63, 3.8) is 0 Å². The highest BCUT2D eigenvalue weighted by Gasteiger charge is 2.64. The van der Waals surface area contributed by atoms with Gasteiger partial charge in [0.15, 0.2) is 0 Å². The van der Waals surface area contributed by atoms with Crippen molar-refractivity contribution in [2.45, 2.75) is 109 Å². The number of esters is 1. The molecule has 0 N–H and O–H groups in total. The topological polar surface area (TPSA) is 26.3 Å². The molecule has 0 saturated heterocycles. The summed E-state index contributed by atoms with van der Waals surface area (Å²) in [6, 6.07) is 21.9. The summed E-state index contributed by atoms with van der Waals surface area (Å²) in [6.07, 6.45) is 16.7. The molecule has 4 aliphatic carbocycles. The molecule has 2 nitrogen and oxygen atoms in total. The van der Waals surface area contributed by atoms with Gasteiger partial charge in [0.2, 0.25) is 0 Å². The first-order chi connectivity index (χ1) is 20.1. The van der Waals surface area contributed by atoms with Gasteiger partial charge in [-0.3, -0.25) is 4.79 Å². The van der Waals surface area contributed by atoms with Crippen molar-refractivity contribution in [1.82, 2.24) is 0 Å². The Morgan fingerprint density at radius 3 is 2.21 bits per heavy atom. The monoisotopic (exact) mass is 586 g/mol. The predicted octanol–water partition coefficient (Wildman–Crippen LogP) is 10.4. The van der Waals surface area contributed by atoms with Crippen molar-refractivity contribution in [3.8, 4) is 0 Å². The summed E-state index contributed by atoms with van der Waals surface area (Å²) in [5.41, 5.74) is 3.31. The number of carbonyl (C=O) groups excluding carboxylic acids is 1. The van der Waals surface area contributed by atoms with Gasteiger partial charge in [-0.2, -0.15) is 0 Å². The van der Waals surface area contributed by atoms with Crippen LogP contribution in [0.15, 0.2) is 72.8 Å². The van der Waals surface area contributed by atoms with Gasteiger partial charge in [0.1, 0.15) is 6.10 Å². The smallest absolute Gasteiger partial charge is 0.302 e. The molecule has 0 radical (unpaired) electrons. The highest BCUT2D eigenvalue weighted by Crippen LogP contribution is 2.70. The van der Waals surface area contributed by atoms with Crippen LogP contribution in [-0.2, 0) is 9.53 Å². The van der Waals surface area contributed by atoms with E-state index in [-0.39, 0.29) is 22.4 Å². The molecular weight excluding hydrogens is 536 g/mol. The predicted molar refractivity (Wildman–Crippen MR) is 174 cm³/mol. The van der Waals surface area contributed by atoms with Gasteiger partial charge in [-0.15, -0.1) is 11.6 Å². The van der Waals surface area contributed by atoms with E-state index in [9.17, 15) is 4.79 Å². The summed E-state index contributed by atoms with van der Waals surface area (Å²) in [7, 11) is 0. The summed E-state index contributed by atoms with van der Waals surface area (Å²) in [4.78, 5) is 11.5. The number of ether oxygens (including phenoxy) is 1. The van der Waals surface area contributed by atoms with Gasteiger partial charge in [0, 0.05) is 19.3 Å². The number of carbonyl (C=O) groups is 1. The Hall–Kier alpha value is -2.06. The zero-order valence-electron chi connectivity index (χ0n) is 26.2. The molecular formula is C39H51ClO2. The maximum atomic E-state index is 11.7. The van der Waals surface area contributed by atoms with E-state index in [1.807, 2.05) is 0 Å². The fourth-order valence-electron chi connectivity index (χ4n) is 10.8. The van der Waals surface area contributed by atoms with Crippen LogP contribution in [0.3, 0.4) is 0 Å². The van der Waals surface area contributed by atoms with E-state index >= 15 is 0 Å². The molecule has 4 saturated carbocycles. The Balaban J connectivity index is 1.15. The van der Waals surface area contributed by atoms with Crippen LogP contribution in [0.2, 0.25) is 0 Å². The number of rotatable bonds is 7. The van der Waals surface area contributed by atoms with Crippen LogP contribution < -0.4 is 0 Å². The van der Waals surface area contributed by atoms with Crippen LogP contribution in [0.4, 0.5) is 0 Å². The molecule has 3 heteroatoms. The minimum atomic E-state index is -0.232. The third kappa shape index (κ3) is 5.29. The largest absolute Gasteiger partial charge is 0.462 e. The SMILES string of the molecule is CC(=O)O[C@H]1CC[C@]2(C)[C@H]3CC[C@]4(C)[C@@H]([C@@H](C)C/C=C/C(c5ccccc5)c5ccccc5)CC[C@H]4[C@@H]3CC[C@@]2(Cl)C1. The van der Waals surface area contributed by atoms with E-state index in [0.717, 1.165) is 49.9 Å². The number of benzene rings is 2. The lowest BCUT2D eigenvalue weighted by Gasteiger charge is -2.64. The minimum Gasteiger partial charge on any atom is -0.462 e. The summed E-state index contributed by atoms with van der Waals surface area (Å²) in [5.74, 6) is 3.92. The maximum absolute atomic E-state index is 11.7. The average Bonchev–Trinajstić information content (AvgIpc) is 3.34. The van der Waals surface area contributed by atoms with Crippen molar-refractivity contribution in [1.29, 1.82) is 0 Å². The molecule has 9 atom stereocenters. The first-order valence-corrected chi connectivity index (χ1v) is 17.1. The third-order valence-electron chi connectivity index (χ3n) is 12.9. The lowest BCUT2D eigenvalue weighted by molar-refractivity contribution is -0.157. The summed E-state index contributed by atoms with van der Waals surface area (Å²) in [5, 5.41) is 0. The van der Waals surface area contributed by atoms with Crippen molar-refractivity contribution in [2.24, 2.45) is 40.4 Å². The van der Waals surface area contributed by atoms with E-state index in [0.29, 0.717) is 23.2 Å². The molecule has 2 aromatic rings. The number of hydrogen-bond donors (Lipinski definition) is 0. The van der Waals surface area contributed by atoms with E-state index in [1.54, 1.807) is 0 Å². The molecule has 0 aliphatic heterocycles. The van der Waals surface area contributed by atoms with Crippen LogP contribution >= 0.6 is 11.6 Å². The Morgan fingerprint density at radius 2 is 1.57 bits per heavy atom. The van der Waals surface area contributed by atoms with E-state index in [4.69, 9.17) is 16.3 Å². The second-order valence-corrected chi connectivity index (χ2v) is 15.7. The van der Waals surface area contributed by atoms with Gasteiger partial charge < -0.3 is 4.74 Å². The quantitative estimate of drug-likeness (QED) is 0.183. The molecule has 0 bridgehead atoms. The maximum Gasteiger partial charge on any atom is 0.302 e. The highest BCUT2D eigenvalue weighted by molar-refractivity contribution is 6.24. The highest BCUT2D eigenvalue weighted by atomic mass is 35.5. The molecule has 0 spiro atoms. The molecule has 4 aliphatic rings. The molecule has 0 aromatic heterocycles. The van der Waals surface area contributed by atoms with Crippen LogP contribution in [0.1, 0.15) is 109 Å². The molecule has 0 heterocycles. The number of fused-ring (bicyclic) bond motifs is 5. The molecule has 0 unspecified atom stereocenters. The van der Waals surface area contributed by atoms with E-state index < -0.39 is 0 Å². The Labute approximate surface area is 259 Å². The summed E-state index contributed by atoms with van der Waals surface area (Å²) in [6.45, 7) is 9.22. The molecule has 6 rings (SSSR count). The van der Waals surface area contributed by atoms with Gasteiger partial charge in [0.25, 0.3) is 0 Å². The van der Waals surface area contributed by atoms with Gasteiger partial charge >= 0.3 is 5.97 Å². The van der Waals surface area contributed by atoms with E-state index in [2.05, 4.69) is 93.6 Å². The molecule has 42 heavy (non-hydrogen) atoms. The summed E-state index contributed by atoms with van der Waals surface area (Å²) >= 11 is 7.55.